The van der Waals surface area contributed by atoms with E-state index in [-0.39, 0.29) is 12.4 Å². The summed E-state index contributed by atoms with van der Waals surface area (Å²) in [5.41, 5.74) is 5.05. The molecule has 0 aromatic carbocycles. The second kappa shape index (κ2) is 2.49. The number of nitrogens with zero attached hydrogens (tertiary/aromatic N) is 2. The highest BCUT2D eigenvalue weighted by Crippen LogP contribution is 1.92. The molecule has 5 nitrogen and oxygen atoms in total. The van der Waals surface area contributed by atoms with E-state index in [0.717, 1.165) is 0 Å². The summed E-state index contributed by atoms with van der Waals surface area (Å²) in [5.74, 6) is -0.591. The number of rotatable bonds is 2. The van der Waals surface area contributed by atoms with Crippen LogP contribution in [0.5, 0.6) is 0 Å². The van der Waals surface area contributed by atoms with Crippen molar-refractivity contribution in [3.8, 4) is 0 Å². The molecular formula is C5H7N3O2. The van der Waals surface area contributed by atoms with Crippen molar-refractivity contribution in [3.63, 3.8) is 0 Å². The van der Waals surface area contributed by atoms with Gasteiger partial charge in [-0.15, -0.1) is 0 Å². The van der Waals surface area contributed by atoms with Crippen LogP contribution in [0.1, 0.15) is 10.5 Å². The first kappa shape index (κ1) is 6.76. The molecule has 0 bridgehead atoms. The maximum absolute atomic E-state index is 10.4. The molecule has 10 heavy (non-hydrogen) atoms. The van der Waals surface area contributed by atoms with E-state index in [0.29, 0.717) is 0 Å². The highest BCUT2D eigenvalue weighted by atomic mass is 16.3. The molecule has 0 atom stereocenters. The van der Waals surface area contributed by atoms with Gasteiger partial charge < -0.3 is 15.4 Å². The lowest BCUT2D eigenvalue weighted by Crippen LogP contribution is -2.11. The number of hydrogen-bond donors (Lipinski definition) is 2. The van der Waals surface area contributed by atoms with Gasteiger partial charge in [-0.3, -0.25) is 4.79 Å². The summed E-state index contributed by atoms with van der Waals surface area (Å²) < 4.78 is 1.35. The van der Waals surface area contributed by atoms with Crippen LogP contribution in [0, 0.1) is 0 Å². The van der Waals surface area contributed by atoms with Crippen LogP contribution >= 0.6 is 0 Å². The summed E-state index contributed by atoms with van der Waals surface area (Å²) in [6.45, 7) is -0.194. The van der Waals surface area contributed by atoms with Gasteiger partial charge in [0, 0.05) is 6.20 Å². The normalized spacial score (nSPS) is 9.70. The van der Waals surface area contributed by atoms with Gasteiger partial charge in [0.05, 0.1) is 6.33 Å². The molecule has 1 heterocycles. The van der Waals surface area contributed by atoms with E-state index in [1.165, 1.54) is 17.1 Å². The quantitative estimate of drug-likeness (QED) is 0.550. The van der Waals surface area contributed by atoms with Crippen molar-refractivity contribution in [3.05, 3.63) is 18.2 Å². The Balaban J connectivity index is 2.88. The van der Waals surface area contributed by atoms with Crippen LogP contribution in [0.25, 0.3) is 0 Å². The molecule has 0 radical (unpaired) electrons. The molecule has 5 heteroatoms. The second-order valence-corrected chi connectivity index (χ2v) is 1.78. The zero-order valence-corrected chi connectivity index (χ0v) is 5.19. The van der Waals surface area contributed by atoms with Gasteiger partial charge in [0.1, 0.15) is 12.4 Å². The molecule has 1 rings (SSSR count). The smallest absolute Gasteiger partial charge is 0.268 e. The Morgan fingerprint density at radius 2 is 2.60 bits per heavy atom. The average Bonchev–Trinajstić information content (AvgIpc) is 2.34. The Kier molecular flexibility index (Phi) is 1.68. The van der Waals surface area contributed by atoms with Gasteiger partial charge in [0.2, 0.25) is 0 Å². The number of imidazole rings is 1. The van der Waals surface area contributed by atoms with Crippen molar-refractivity contribution in [1.29, 1.82) is 0 Å². The van der Waals surface area contributed by atoms with Crippen LogP contribution in [0.4, 0.5) is 0 Å². The van der Waals surface area contributed by atoms with Gasteiger partial charge in [-0.2, -0.15) is 0 Å². The number of primary amides is 1. The maximum Gasteiger partial charge on any atom is 0.268 e. The van der Waals surface area contributed by atoms with E-state index < -0.39 is 5.91 Å². The molecule has 0 aliphatic carbocycles. The monoisotopic (exact) mass is 141 g/mol. The first-order valence-corrected chi connectivity index (χ1v) is 2.66. The minimum atomic E-state index is -0.591. The lowest BCUT2D eigenvalue weighted by Gasteiger charge is -1.88. The van der Waals surface area contributed by atoms with Crippen molar-refractivity contribution in [2.75, 3.05) is 0 Å². The number of aromatic nitrogens is 2. The number of nitrogens with two attached hydrogens (primary N) is 1. The zero-order valence-electron chi connectivity index (χ0n) is 5.19. The Hall–Kier alpha value is -1.36. The predicted octanol–water partition coefficient (Wildman–Crippen LogP) is -1.07. The van der Waals surface area contributed by atoms with Crippen LogP contribution in [-0.4, -0.2) is 20.6 Å². The predicted molar refractivity (Wildman–Crippen MR) is 33.0 cm³/mol. The van der Waals surface area contributed by atoms with E-state index in [1.807, 2.05) is 0 Å². The molecule has 0 saturated carbocycles. The third-order valence-corrected chi connectivity index (χ3v) is 1.05. The van der Waals surface area contributed by atoms with E-state index >= 15 is 0 Å². The molecule has 1 aromatic heterocycles. The molecule has 54 valence electrons. The van der Waals surface area contributed by atoms with Crippen LogP contribution < -0.4 is 5.73 Å². The van der Waals surface area contributed by atoms with E-state index in [4.69, 9.17) is 10.8 Å². The van der Waals surface area contributed by atoms with Crippen LogP contribution in [-0.2, 0) is 6.73 Å². The number of aliphatic hydroxyl groups is 1. The first-order chi connectivity index (χ1) is 4.74. The molecular weight excluding hydrogens is 134 g/mol. The van der Waals surface area contributed by atoms with Crippen molar-refractivity contribution >= 4 is 5.91 Å². The second-order valence-electron chi connectivity index (χ2n) is 1.78. The Labute approximate surface area is 57.1 Å². The lowest BCUT2D eigenvalue weighted by atomic mass is 10.5. The first-order valence-electron chi connectivity index (χ1n) is 2.66. The Morgan fingerprint density at radius 3 is 2.90 bits per heavy atom. The minimum absolute atomic E-state index is 0.161. The third-order valence-electron chi connectivity index (χ3n) is 1.05. The molecule has 0 fully saturated rings. The van der Waals surface area contributed by atoms with E-state index in [2.05, 4.69) is 4.98 Å². The number of amides is 1. The van der Waals surface area contributed by atoms with Gasteiger partial charge in [-0.25, -0.2) is 4.98 Å². The maximum atomic E-state index is 10.4. The van der Waals surface area contributed by atoms with Gasteiger partial charge in [-0.05, 0) is 0 Å². The molecule has 0 saturated heterocycles. The standard InChI is InChI=1S/C5H7N3O2/c6-5(10)4-1-8(3-9)2-7-4/h1-2,9H,3H2,(H2,6,10). The number of carbonyl (C=O) groups excluding carboxylic acids is 1. The molecule has 0 aliphatic rings. The summed E-state index contributed by atoms with van der Waals surface area (Å²) in [7, 11) is 0. The fourth-order valence-corrected chi connectivity index (χ4v) is 0.565. The van der Waals surface area contributed by atoms with E-state index in [9.17, 15) is 4.79 Å². The largest absolute Gasteiger partial charge is 0.376 e. The molecule has 0 spiro atoms. The van der Waals surface area contributed by atoms with Gasteiger partial charge in [0.15, 0.2) is 0 Å². The summed E-state index contributed by atoms with van der Waals surface area (Å²) >= 11 is 0. The van der Waals surface area contributed by atoms with Gasteiger partial charge in [-0.1, -0.05) is 0 Å². The topological polar surface area (TPSA) is 81.1 Å². The fourth-order valence-electron chi connectivity index (χ4n) is 0.565. The molecule has 1 aromatic rings. The number of carbonyl (C=O) groups is 1. The van der Waals surface area contributed by atoms with E-state index in [1.54, 1.807) is 0 Å². The highest BCUT2D eigenvalue weighted by molar-refractivity contribution is 5.90. The molecule has 0 unspecified atom stereocenters. The SMILES string of the molecule is NC(=O)c1cn(CO)cn1. The summed E-state index contributed by atoms with van der Waals surface area (Å²) in [6, 6.07) is 0. The van der Waals surface area contributed by atoms with Crippen LogP contribution in [0.3, 0.4) is 0 Å². The van der Waals surface area contributed by atoms with Gasteiger partial charge >= 0.3 is 0 Å². The van der Waals surface area contributed by atoms with Crippen LogP contribution in [0.2, 0.25) is 0 Å². The zero-order chi connectivity index (χ0) is 7.56. The fraction of sp³-hybridized carbons (Fsp3) is 0.200. The van der Waals surface area contributed by atoms with Crippen molar-refractivity contribution in [2.45, 2.75) is 6.73 Å². The molecule has 0 aliphatic heterocycles. The van der Waals surface area contributed by atoms with Crippen LogP contribution in [0.15, 0.2) is 12.5 Å². The lowest BCUT2D eigenvalue weighted by molar-refractivity contribution is 0.0996. The van der Waals surface area contributed by atoms with Crippen molar-refractivity contribution < 1.29 is 9.90 Å². The average molecular weight is 141 g/mol. The summed E-state index contributed by atoms with van der Waals surface area (Å²) in [5, 5.41) is 8.50. The molecule has 3 N–H and O–H groups in total. The molecule has 1 amide bonds. The number of aliphatic hydroxyl groups excluding tert-OH is 1. The van der Waals surface area contributed by atoms with Crippen molar-refractivity contribution in [1.82, 2.24) is 9.55 Å². The minimum Gasteiger partial charge on any atom is -0.376 e. The highest BCUT2D eigenvalue weighted by Gasteiger charge is 2.02. The van der Waals surface area contributed by atoms with Crippen molar-refractivity contribution in [2.24, 2.45) is 5.73 Å². The third kappa shape index (κ3) is 1.14. The summed E-state index contributed by atoms with van der Waals surface area (Å²) in [4.78, 5) is 14.0. The Bertz CT molecular complexity index is 243. The summed E-state index contributed by atoms with van der Waals surface area (Å²) in [6.07, 6.45) is 2.71. The number of hydrogen-bond acceptors (Lipinski definition) is 3. The Morgan fingerprint density at radius 1 is 1.90 bits per heavy atom. The van der Waals surface area contributed by atoms with Gasteiger partial charge in [0.25, 0.3) is 5.91 Å².